The Labute approximate surface area is 111 Å². The molecule has 1 aromatic heterocycles. The highest BCUT2D eigenvalue weighted by Gasteiger charge is 2.22. The highest BCUT2D eigenvalue weighted by Crippen LogP contribution is 2.28. The lowest BCUT2D eigenvalue weighted by molar-refractivity contribution is -0.139. The fourth-order valence-electron chi connectivity index (χ4n) is 2.40. The third-order valence-electron chi connectivity index (χ3n) is 3.55. The Morgan fingerprint density at radius 1 is 1.53 bits per heavy atom. The Hall–Kier alpha value is -1.85. The summed E-state index contributed by atoms with van der Waals surface area (Å²) in [5.74, 6) is -1.45. The van der Waals surface area contributed by atoms with Crippen LogP contribution in [0.2, 0.25) is 0 Å². The van der Waals surface area contributed by atoms with Crippen LogP contribution in [-0.2, 0) is 4.79 Å². The van der Waals surface area contributed by atoms with Crippen molar-refractivity contribution in [3.8, 4) is 0 Å². The first-order valence-electron chi connectivity index (χ1n) is 6.70. The van der Waals surface area contributed by atoms with Crippen LogP contribution in [0.5, 0.6) is 0 Å². The quantitative estimate of drug-likeness (QED) is 0.846. The Morgan fingerprint density at radius 3 is 2.79 bits per heavy atom. The number of aliphatic carboxylic acids is 1. The van der Waals surface area contributed by atoms with Crippen molar-refractivity contribution in [2.75, 3.05) is 0 Å². The number of carboxylic acid groups (broad SMARTS) is 1. The van der Waals surface area contributed by atoms with E-state index in [0.717, 1.165) is 12.8 Å². The van der Waals surface area contributed by atoms with Crippen LogP contribution in [0.4, 0.5) is 0 Å². The zero-order chi connectivity index (χ0) is 13.8. The predicted octanol–water partition coefficient (Wildman–Crippen LogP) is 1.59. The van der Waals surface area contributed by atoms with E-state index >= 15 is 0 Å². The molecule has 1 atom stereocenters. The zero-order valence-corrected chi connectivity index (χ0v) is 11.0. The van der Waals surface area contributed by atoms with E-state index in [0.29, 0.717) is 12.5 Å². The van der Waals surface area contributed by atoms with Gasteiger partial charge in [0.15, 0.2) is 0 Å². The summed E-state index contributed by atoms with van der Waals surface area (Å²) in [7, 11) is 0. The molecule has 0 bridgehead atoms. The maximum absolute atomic E-state index is 11.9. The molecule has 1 amide bonds. The number of nitrogens with one attached hydrogen (secondary N) is 1. The molecule has 0 aromatic carbocycles. The summed E-state index contributed by atoms with van der Waals surface area (Å²) in [5.41, 5.74) is 0.284. The average molecular weight is 265 g/mol. The second-order valence-electron chi connectivity index (χ2n) is 4.89. The molecule has 1 aliphatic carbocycles. The molecule has 1 aliphatic rings. The van der Waals surface area contributed by atoms with Gasteiger partial charge < -0.3 is 10.4 Å². The number of carbonyl (C=O) groups is 2. The lowest BCUT2D eigenvalue weighted by Crippen LogP contribution is -2.40. The topological polar surface area (TPSA) is 84.2 Å². The Kier molecular flexibility index (Phi) is 4.19. The minimum absolute atomic E-state index is 0.284. The molecule has 0 aliphatic heterocycles. The molecule has 6 heteroatoms. The number of hydrogen-bond acceptors (Lipinski definition) is 3. The summed E-state index contributed by atoms with van der Waals surface area (Å²) in [6.45, 7) is 1.72. The smallest absolute Gasteiger partial charge is 0.326 e. The van der Waals surface area contributed by atoms with Crippen LogP contribution >= 0.6 is 0 Å². The van der Waals surface area contributed by atoms with Gasteiger partial charge in [-0.25, -0.2) is 4.79 Å². The van der Waals surface area contributed by atoms with Crippen molar-refractivity contribution in [1.29, 1.82) is 0 Å². The van der Waals surface area contributed by atoms with Crippen molar-refractivity contribution >= 4 is 11.9 Å². The highest BCUT2D eigenvalue weighted by molar-refractivity contribution is 5.94. The van der Waals surface area contributed by atoms with Gasteiger partial charge in [0.2, 0.25) is 0 Å². The Balaban J connectivity index is 2.01. The van der Waals surface area contributed by atoms with Crippen LogP contribution in [0.15, 0.2) is 12.3 Å². The van der Waals surface area contributed by atoms with E-state index in [1.54, 1.807) is 19.2 Å². The molecule has 2 rings (SSSR count). The number of hydrogen-bond donors (Lipinski definition) is 2. The molecule has 104 valence electrons. The molecule has 0 saturated heterocycles. The van der Waals surface area contributed by atoms with Gasteiger partial charge in [-0.2, -0.15) is 5.10 Å². The molecule has 1 fully saturated rings. The number of nitrogens with zero attached hydrogens (tertiary/aromatic N) is 2. The normalized spacial score (nSPS) is 17.3. The largest absolute Gasteiger partial charge is 0.480 e. The van der Waals surface area contributed by atoms with Crippen LogP contribution in [0, 0.1) is 0 Å². The first-order valence-corrected chi connectivity index (χ1v) is 6.70. The Bertz CT molecular complexity index is 463. The second-order valence-corrected chi connectivity index (χ2v) is 4.89. The number of amides is 1. The van der Waals surface area contributed by atoms with Crippen molar-refractivity contribution < 1.29 is 14.7 Å². The van der Waals surface area contributed by atoms with Gasteiger partial charge >= 0.3 is 5.97 Å². The van der Waals surface area contributed by atoms with E-state index in [-0.39, 0.29) is 5.69 Å². The summed E-state index contributed by atoms with van der Waals surface area (Å²) in [4.78, 5) is 22.8. The number of carboxylic acids is 1. The van der Waals surface area contributed by atoms with Crippen LogP contribution in [0.25, 0.3) is 0 Å². The van der Waals surface area contributed by atoms with Gasteiger partial charge in [0.1, 0.15) is 11.7 Å². The zero-order valence-electron chi connectivity index (χ0n) is 11.0. The summed E-state index contributed by atoms with van der Waals surface area (Å²) < 4.78 is 1.82. The van der Waals surface area contributed by atoms with E-state index in [9.17, 15) is 9.59 Å². The van der Waals surface area contributed by atoms with Crippen molar-refractivity contribution in [3.05, 3.63) is 18.0 Å². The van der Waals surface area contributed by atoms with E-state index in [1.165, 1.54) is 12.8 Å². The number of carbonyl (C=O) groups excluding carboxylic acids is 1. The molecule has 1 aromatic rings. The first kappa shape index (κ1) is 13.6. The van der Waals surface area contributed by atoms with Crippen molar-refractivity contribution in [3.63, 3.8) is 0 Å². The van der Waals surface area contributed by atoms with Crippen LogP contribution in [0.1, 0.15) is 55.6 Å². The fraction of sp³-hybridized carbons (Fsp3) is 0.615. The summed E-state index contributed by atoms with van der Waals surface area (Å²) in [6.07, 6.45) is 6.73. The van der Waals surface area contributed by atoms with Gasteiger partial charge in [0.25, 0.3) is 5.91 Å². The molecule has 0 radical (unpaired) electrons. The van der Waals surface area contributed by atoms with Gasteiger partial charge in [0, 0.05) is 6.20 Å². The maximum Gasteiger partial charge on any atom is 0.326 e. The molecule has 19 heavy (non-hydrogen) atoms. The van der Waals surface area contributed by atoms with E-state index in [4.69, 9.17) is 5.11 Å². The average Bonchev–Trinajstić information content (AvgIpc) is 3.04. The minimum atomic E-state index is -1.02. The predicted molar refractivity (Wildman–Crippen MR) is 68.9 cm³/mol. The van der Waals surface area contributed by atoms with Gasteiger partial charge in [-0.3, -0.25) is 9.48 Å². The minimum Gasteiger partial charge on any atom is -0.480 e. The lowest BCUT2D eigenvalue weighted by Gasteiger charge is -2.11. The van der Waals surface area contributed by atoms with Crippen LogP contribution in [0.3, 0.4) is 0 Å². The van der Waals surface area contributed by atoms with Crippen molar-refractivity contribution in [1.82, 2.24) is 15.1 Å². The van der Waals surface area contributed by atoms with Gasteiger partial charge in [0.05, 0.1) is 6.04 Å². The monoisotopic (exact) mass is 265 g/mol. The molecule has 0 spiro atoms. The molecule has 1 saturated carbocycles. The molecule has 1 unspecified atom stereocenters. The fourth-order valence-corrected chi connectivity index (χ4v) is 2.40. The second kappa shape index (κ2) is 5.86. The molecule has 6 nitrogen and oxygen atoms in total. The van der Waals surface area contributed by atoms with E-state index in [2.05, 4.69) is 10.4 Å². The molecule has 1 heterocycles. The first-order chi connectivity index (χ1) is 9.11. The van der Waals surface area contributed by atoms with Gasteiger partial charge in [-0.15, -0.1) is 0 Å². The Morgan fingerprint density at radius 2 is 2.21 bits per heavy atom. The molecular weight excluding hydrogens is 246 g/mol. The summed E-state index contributed by atoms with van der Waals surface area (Å²) in [6, 6.07) is 1.16. The molecule has 2 N–H and O–H groups in total. The standard InChI is InChI=1S/C13H19N3O3/c1-2-10(13(18)19)14-12(17)11-7-8-16(15-11)9-5-3-4-6-9/h7-10H,2-6H2,1H3,(H,14,17)(H,18,19). The van der Waals surface area contributed by atoms with Gasteiger partial charge in [-0.05, 0) is 25.3 Å². The number of aromatic nitrogens is 2. The summed E-state index contributed by atoms with van der Waals surface area (Å²) in [5, 5.41) is 15.6. The van der Waals surface area contributed by atoms with Crippen LogP contribution < -0.4 is 5.32 Å². The SMILES string of the molecule is CCC(NC(=O)c1ccn(C2CCCC2)n1)C(=O)O. The van der Waals surface area contributed by atoms with Crippen LogP contribution in [-0.4, -0.2) is 32.8 Å². The maximum atomic E-state index is 11.9. The third-order valence-corrected chi connectivity index (χ3v) is 3.55. The number of rotatable bonds is 5. The van der Waals surface area contributed by atoms with Crippen molar-refractivity contribution in [2.24, 2.45) is 0 Å². The van der Waals surface area contributed by atoms with E-state index in [1.807, 2.05) is 4.68 Å². The van der Waals surface area contributed by atoms with Crippen molar-refractivity contribution in [2.45, 2.75) is 51.1 Å². The van der Waals surface area contributed by atoms with Gasteiger partial charge in [-0.1, -0.05) is 19.8 Å². The van der Waals surface area contributed by atoms with E-state index < -0.39 is 17.9 Å². The lowest BCUT2D eigenvalue weighted by atomic mass is 10.2. The highest BCUT2D eigenvalue weighted by atomic mass is 16.4. The molecular formula is C13H19N3O3. The summed E-state index contributed by atoms with van der Waals surface area (Å²) >= 11 is 0. The third kappa shape index (κ3) is 3.13.